The normalized spacial score (nSPS) is 15.4. The minimum absolute atomic E-state index is 0.310. The fourth-order valence-corrected chi connectivity index (χ4v) is 13.3. The van der Waals surface area contributed by atoms with Crippen molar-refractivity contribution >= 4 is 81.3 Å². The van der Waals surface area contributed by atoms with Gasteiger partial charge < -0.3 is 9.72 Å². The first-order valence-electron chi connectivity index (χ1n) is 35.0. The topological polar surface area (TPSA) is 171 Å². The van der Waals surface area contributed by atoms with Crippen LogP contribution in [0.3, 0.4) is 0 Å². The molecule has 0 aliphatic carbocycles. The maximum atomic E-state index is 12.8. The third kappa shape index (κ3) is 18.5. The number of rotatable bonds is 40. The van der Waals surface area contributed by atoms with Crippen molar-refractivity contribution in [2.45, 2.75) is 265 Å². The number of ether oxygens (including phenoxy) is 1. The summed E-state index contributed by atoms with van der Waals surface area (Å²) in [4.78, 5) is 78.1. The molecule has 8 bridgehead atoms. The van der Waals surface area contributed by atoms with E-state index in [2.05, 4.69) is 56.9 Å². The van der Waals surface area contributed by atoms with E-state index < -0.39 is 18.2 Å². The van der Waals surface area contributed by atoms with Crippen LogP contribution in [0.5, 0.6) is 0 Å². The summed E-state index contributed by atoms with van der Waals surface area (Å²) in [5, 5.41) is 2.00. The fraction of sp³-hybridized carbons (Fsp3) is 0.581. The van der Waals surface area contributed by atoms with Crippen molar-refractivity contribution in [1.82, 2.24) is 4.98 Å². The van der Waals surface area contributed by atoms with Crippen LogP contribution in [0.4, 0.5) is 0 Å². The number of nitrogens with one attached hydrogen (secondary N) is 1. The maximum absolute atomic E-state index is 12.8. The minimum atomic E-state index is -0.950. The molecule has 0 saturated carbocycles. The largest absolute Gasteiger partial charge is 0.435 e. The number of hydrogen-bond donors (Lipinski definition) is 1. The average molecular weight is 1260 g/mol. The van der Waals surface area contributed by atoms with Crippen molar-refractivity contribution in [3.8, 4) is 0 Å². The molecule has 2 aromatic heterocycles. The molecule has 16 heteroatoms. The molecule has 4 aromatic rings. The molecule has 5 aliphatic heterocycles. The second kappa shape index (κ2) is 36.1. The molecule has 7 heterocycles. The molecule has 14 nitrogen and oxygen atoms in total. The first kappa shape index (κ1) is 68.1. The number of hydrogen-bond acceptors (Lipinski definition) is 12. The number of H-pyrrole nitrogens is 1. The number of unbranched alkanes of at least 4 members (excludes halogenated alkanes) is 28. The van der Waals surface area contributed by atoms with Crippen molar-refractivity contribution in [3.05, 3.63) is 121 Å². The predicted molar refractivity (Wildman–Crippen MR) is 369 cm³/mol. The van der Waals surface area contributed by atoms with Gasteiger partial charge in [-0.3, -0.25) is 4.79 Å². The number of fused-ring (bicyclic) bond motifs is 16. The van der Waals surface area contributed by atoms with E-state index in [1.165, 1.54) is 170 Å². The van der Waals surface area contributed by atoms with Gasteiger partial charge in [-0.15, -0.1) is 23.2 Å². The number of aryl methyl sites for hydroxylation is 4. The third-order valence-corrected chi connectivity index (χ3v) is 18.6. The lowest BCUT2D eigenvalue weighted by Gasteiger charge is -2.15. The number of aromatic nitrogens is 2. The van der Waals surface area contributed by atoms with Crippen molar-refractivity contribution in [3.63, 3.8) is 0 Å². The summed E-state index contributed by atoms with van der Waals surface area (Å²) >= 11 is 12.0. The number of esters is 1. The lowest BCUT2D eigenvalue weighted by atomic mass is 9.90. The molecular weight excluding hydrogens is 1160 g/mol. The highest BCUT2D eigenvalue weighted by atomic mass is 35.5. The molecule has 0 radical (unpaired) electrons. The molecule has 0 spiro atoms. The van der Waals surface area contributed by atoms with Crippen LogP contribution in [-0.4, -0.2) is 70.3 Å². The van der Waals surface area contributed by atoms with E-state index in [9.17, 15) is 9.59 Å². The summed E-state index contributed by atoms with van der Waals surface area (Å²) in [7, 11) is 0. The van der Waals surface area contributed by atoms with Gasteiger partial charge in [-0.25, -0.2) is 44.7 Å². The number of dihydropyridines is 1. The lowest BCUT2D eigenvalue weighted by molar-refractivity contribution is -0.869. The Labute approximate surface area is 545 Å². The summed E-state index contributed by atoms with van der Waals surface area (Å²) in [6.45, 7) is 9.06. The summed E-state index contributed by atoms with van der Waals surface area (Å²) in [6.07, 6.45) is 48.0. The Morgan fingerprint density at radius 3 is 1.34 bits per heavy atom. The summed E-state index contributed by atoms with van der Waals surface area (Å²) in [6, 6.07) is 11.1. The number of carbonyl (C=O) groups excluding carboxylic acids is 2. The Kier molecular flexibility index (Phi) is 27.3. The zero-order valence-corrected chi connectivity index (χ0v) is 56.1. The Hall–Kier alpha value is -6.25. The van der Waals surface area contributed by atoms with E-state index in [0.29, 0.717) is 62.7 Å². The molecule has 482 valence electrons. The molecule has 0 fully saturated rings. The Morgan fingerprint density at radius 2 is 0.856 bits per heavy atom. The molecule has 1 unspecified atom stereocenters. The summed E-state index contributed by atoms with van der Waals surface area (Å²) in [5.74, 6) is 0.812. The van der Waals surface area contributed by atoms with Gasteiger partial charge in [0.05, 0.1) is 5.56 Å². The van der Waals surface area contributed by atoms with Gasteiger partial charge in [0, 0.05) is 55.6 Å². The molecule has 9 rings (SSSR count). The van der Waals surface area contributed by atoms with E-state index in [1.807, 2.05) is 6.07 Å². The fourth-order valence-electron chi connectivity index (χ4n) is 13.2. The van der Waals surface area contributed by atoms with Crippen LogP contribution in [0, 0.1) is 0 Å². The first-order chi connectivity index (χ1) is 44.2. The van der Waals surface area contributed by atoms with Gasteiger partial charge in [0.25, 0.3) is 0 Å². The minimum Gasteiger partial charge on any atom is -0.435 e. The van der Waals surface area contributed by atoms with Crippen molar-refractivity contribution < 1.29 is 23.9 Å². The van der Waals surface area contributed by atoms with Gasteiger partial charge >= 0.3 is 11.9 Å². The number of aromatic amines is 1. The molecule has 1 N–H and O–H groups in total. The van der Waals surface area contributed by atoms with Gasteiger partial charge in [-0.1, -0.05) is 232 Å². The number of pyridine rings is 1. The van der Waals surface area contributed by atoms with Crippen LogP contribution in [0.25, 0.3) is 10.8 Å². The highest BCUT2D eigenvalue weighted by Crippen LogP contribution is 2.36. The number of carbonyl (C=O) groups is 2. The maximum Gasteiger partial charge on any atom is 0.395 e. The van der Waals surface area contributed by atoms with Crippen molar-refractivity contribution in [2.24, 2.45) is 39.9 Å². The quantitative estimate of drug-likeness (QED) is 0.0202. The molecule has 0 amide bonds. The second-order valence-corrected chi connectivity index (χ2v) is 25.8. The highest BCUT2D eigenvalue weighted by Gasteiger charge is 2.35. The Morgan fingerprint density at radius 1 is 0.456 bits per heavy atom. The van der Waals surface area contributed by atoms with Gasteiger partial charge in [-0.2, -0.15) is 4.84 Å². The zero-order valence-electron chi connectivity index (χ0n) is 54.6. The van der Waals surface area contributed by atoms with Gasteiger partial charge in [-0.05, 0) is 79.7 Å². The molecule has 90 heavy (non-hydrogen) atoms. The standard InChI is InChI=1S/C74H99Cl2N10O4/c1-5-9-13-17-21-25-29-33-37-52-41-42-53(38-34-30-26-22-18-14-10-6-2)64-63(52)71-80-67-56-45-46-86(90-62(88)49-76)51-59(56)70(78-67)83-74-66-55(40-36-32-28-24-20-16-12-8-4)44-43-54(39-35-31-27-23-19-15-11-7-3)65(66)73(85-74)82-69-58-50-77-60(89-61(87)48-75)47-57(58)68(79-69)81-72(64)84-71/h41-47,50-51,60H,5-40,48-49H2,1-4H3,(H,78,79,80,81,82,83,84,85)/q+1. The van der Waals surface area contributed by atoms with E-state index in [1.54, 1.807) is 24.7 Å². The number of aliphatic imine (C=N–C) groups is 6. The van der Waals surface area contributed by atoms with E-state index in [0.717, 1.165) is 116 Å². The van der Waals surface area contributed by atoms with Crippen LogP contribution in [0.1, 0.15) is 278 Å². The van der Waals surface area contributed by atoms with Crippen LogP contribution < -0.4 is 20.5 Å². The molecule has 5 aliphatic rings. The number of nitrogens with zero attached hydrogens (tertiary/aromatic N) is 9. The third-order valence-electron chi connectivity index (χ3n) is 18.1. The van der Waals surface area contributed by atoms with Crippen LogP contribution in [-0.2, 0) is 40.0 Å². The van der Waals surface area contributed by atoms with Gasteiger partial charge in [0.1, 0.15) is 22.7 Å². The highest BCUT2D eigenvalue weighted by molar-refractivity contribution is 6.30. The SMILES string of the molecule is CCCCCCCCCCc1ccc(CCCCCCCCCC)c2c1C1=NC2=NC2=C3C=NC(OC(=O)CCl)C=C3C(=N2)N=c2[nH]c(c3c(CCCCCCCCCC)ccc(CCCCCCCCCC)c23)=NC2=NC(=N1)c1c[n+](OC(=O)CCl)ccc12. The Bertz CT molecular complexity index is 3510. The number of halogens is 2. The van der Waals surface area contributed by atoms with E-state index in [4.69, 9.17) is 72.7 Å². The van der Waals surface area contributed by atoms with Crippen molar-refractivity contribution in [1.29, 1.82) is 0 Å². The first-order valence-corrected chi connectivity index (χ1v) is 36.1. The van der Waals surface area contributed by atoms with Crippen molar-refractivity contribution in [2.75, 3.05) is 11.8 Å². The molecular formula is C74H99Cl2N10O4+. The molecule has 2 aromatic carbocycles. The number of amidine groups is 5. The molecule has 0 saturated heterocycles. The second-order valence-electron chi connectivity index (χ2n) is 25.2. The molecule has 1 atom stereocenters. The number of alkyl halides is 2. The van der Waals surface area contributed by atoms with E-state index in [-0.39, 0.29) is 11.8 Å². The smallest absolute Gasteiger partial charge is 0.395 e. The summed E-state index contributed by atoms with van der Waals surface area (Å²) in [5.41, 5.74) is 10.4. The van der Waals surface area contributed by atoms with Crippen LogP contribution in [0.2, 0.25) is 0 Å². The zero-order chi connectivity index (χ0) is 62.9. The van der Waals surface area contributed by atoms with E-state index >= 15 is 0 Å². The predicted octanol–water partition coefficient (Wildman–Crippen LogP) is 16.8. The average Bonchev–Trinajstić information content (AvgIpc) is 1.60. The monoisotopic (exact) mass is 1260 g/mol. The lowest BCUT2D eigenvalue weighted by Crippen LogP contribution is -2.46. The van der Waals surface area contributed by atoms with Gasteiger partial charge in [0.2, 0.25) is 18.6 Å². The summed E-state index contributed by atoms with van der Waals surface area (Å²) < 4.78 is 7.14. The number of benzene rings is 2. The van der Waals surface area contributed by atoms with Crippen LogP contribution >= 0.6 is 23.2 Å². The van der Waals surface area contributed by atoms with Crippen LogP contribution in [0.15, 0.2) is 106 Å². The Balaban J connectivity index is 1.24. The van der Waals surface area contributed by atoms with Gasteiger partial charge in [0.15, 0.2) is 35.0 Å².